The monoisotopic (exact) mass is 329 g/mol. The fourth-order valence-corrected chi connectivity index (χ4v) is 3.27. The van der Waals surface area contributed by atoms with Crippen LogP contribution in [0.3, 0.4) is 0 Å². The Morgan fingerprint density at radius 1 is 1.43 bits per heavy atom. The molecule has 0 saturated heterocycles. The van der Waals surface area contributed by atoms with Gasteiger partial charge in [0.1, 0.15) is 4.90 Å². The number of hydrogen-bond acceptors (Lipinski definition) is 4. The normalized spacial score (nSPS) is 11.4. The van der Waals surface area contributed by atoms with Gasteiger partial charge in [-0.1, -0.05) is 11.6 Å². The number of rotatable bonds is 4. The molecule has 2 aromatic rings. The highest BCUT2D eigenvalue weighted by Gasteiger charge is 2.20. The second-order valence-corrected chi connectivity index (χ2v) is 6.42. The first-order valence-corrected chi connectivity index (χ1v) is 7.63. The van der Waals surface area contributed by atoms with E-state index in [1.807, 2.05) is 0 Å². The van der Waals surface area contributed by atoms with Gasteiger partial charge in [-0.25, -0.2) is 13.2 Å². The number of benzene rings is 1. The Kier molecular flexibility index (Phi) is 3.93. The molecule has 1 aromatic carbocycles. The first-order valence-electron chi connectivity index (χ1n) is 5.76. The molecule has 7 nitrogen and oxygen atoms in total. The van der Waals surface area contributed by atoms with E-state index in [9.17, 15) is 13.2 Å². The van der Waals surface area contributed by atoms with Crippen molar-refractivity contribution < 1.29 is 18.3 Å². The Morgan fingerprint density at radius 2 is 2.10 bits per heavy atom. The van der Waals surface area contributed by atoms with Crippen LogP contribution in [0.2, 0.25) is 5.02 Å². The maximum atomic E-state index is 12.3. The Labute approximate surface area is 126 Å². The third-order valence-corrected chi connectivity index (χ3v) is 4.52. The number of hydrogen-bond donors (Lipinski definition) is 2. The summed E-state index contributed by atoms with van der Waals surface area (Å²) in [5, 5.41) is 13.0. The Bertz CT molecular complexity index is 814. The van der Waals surface area contributed by atoms with Crippen molar-refractivity contribution in [2.45, 2.75) is 11.8 Å². The topological polar surface area (TPSA) is 101 Å². The van der Waals surface area contributed by atoms with Crippen LogP contribution in [0.5, 0.6) is 0 Å². The van der Waals surface area contributed by atoms with Crippen molar-refractivity contribution in [3.63, 3.8) is 0 Å². The summed E-state index contributed by atoms with van der Waals surface area (Å²) in [5.41, 5.74) is 0.275. The highest BCUT2D eigenvalue weighted by molar-refractivity contribution is 7.92. The van der Waals surface area contributed by atoms with Gasteiger partial charge in [0.25, 0.3) is 10.0 Å². The van der Waals surface area contributed by atoms with E-state index in [0.717, 1.165) is 6.07 Å². The number of aromatic nitrogens is 2. The quantitative estimate of drug-likeness (QED) is 0.891. The molecular weight excluding hydrogens is 318 g/mol. The molecule has 0 aliphatic rings. The van der Waals surface area contributed by atoms with Gasteiger partial charge in [-0.3, -0.25) is 9.40 Å². The predicted molar refractivity (Wildman–Crippen MR) is 77.2 cm³/mol. The first kappa shape index (κ1) is 15.3. The van der Waals surface area contributed by atoms with Crippen LogP contribution in [0.4, 0.5) is 5.69 Å². The summed E-state index contributed by atoms with van der Waals surface area (Å²) in [4.78, 5) is 11.0. The van der Waals surface area contributed by atoms with Crippen LogP contribution in [0.1, 0.15) is 16.1 Å². The molecule has 2 N–H and O–H groups in total. The molecule has 0 saturated carbocycles. The minimum Gasteiger partial charge on any atom is -0.478 e. The van der Waals surface area contributed by atoms with Gasteiger partial charge in [0, 0.05) is 18.9 Å². The zero-order chi connectivity index (χ0) is 15.8. The fraction of sp³-hybridized carbons (Fsp3) is 0.167. The third-order valence-electron chi connectivity index (χ3n) is 2.71. The number of aromatic carboxylic acids is 1. The van der Waals surface area contributed by atoms with E-state index >= 15 is 0 Å². The molecule has 1 heterocycles. The summed E-state index contributed by atoms with van der Waals surface area (Å²) in [6.45, 7) is 1.57. The fourth-order valence-electron chi connectivity index (χ4n) is 1.80. The van der Waals surface area contributed by atoms with Crippen molar-refractivity contribution in [2.75, 3.05) is 4.72 Å². The van der Waals surface area contributed by atoms with Gasteiger partial charge < -0.3 is 5.11 Å². The van der Waals surface area contributed by atoms with Crippen molar-refractivity contribution in [3.05, 3.63) is 40.7 Å². The average Bonchev–Trinajstić information content (AvgIpc) is 2.71. The van der Waals surface area contributed by atoms with Gasteiger partial charge in [0.2, 0.25) is 0 Å². The van der Waals surface area contributed by atoms with Crippen molar-refractivity contribution in [1.29, 1.82) is 0 Å². The molecule has 2 rings (SSSR count). The standard InChI is InChI=1S/C12H12ClN3O4S/c1-7-11(6-16(2)14-7)21(19,20)15-8-3-4-10(13)9(5-8)12(17)18/h3-6,15H,1-2H3,(H,17,18). The number of carboxylic acid groups (broad SMARTS) is 1. The number of anilines is 1. The summed E-state index contributed by atoms with van der Waals surface area (Å²) in [7, 11) is -2.24. The van der Waals surface area contributed by atoms with Crippen LogP contribution < -0.4 is 4.72 Å². The minimum atomic E-state index is -3.85. The zero-order valence-electron chi connectivity index (χ0n) is 11.2. The molecule has 0 aliphatic heterocycles. The highest BCUT2D eigenvalue weighted by Crippen LogP contribution is 2.23. The summed E-state index contributed by atoms with van der Waals surface area (Å²) < 4.78 is 28.2. The molecule has 0 atom stereocenters. The van der Waals surface area contributed by atoms with Gasteiger partial charge in [0.05, 0.1) is 16.3 Å². The number of nitrogens with zero attached hydrogens (tertiary/aromatic N) is 2. The number of nitrogens with one attached hydrogen (secondary N) is 1. The van der Waals surface area contributed by atoms with Crippen LogP contribution >= 0.6 is 11.6 Å². The van der Waals surface area contributed by atoms with Crippen LogP contribution in [0.25, 0.3) is 0 Å². The molecule has 1 aromatic heterocycles. The van der Waals surface area contributed by atoms with Crippen LogP contribution in [-0.4, -0.2) is 29.3 Å². The summed E-state index contributed by atoms with van der Waals surface area (Å²) in [6.07, 6.45) is 1.37. The molecule has 0 aliphatic carbocycles. The second-order valence-electron chi connectivity index (χ2n) is 4.36. The van der Waals surface area contributed by atoms with Crippen LogP contribution in [-0.2, 0) is 17.1 Å². The van der Waals surface area contributed by atoms with E-state index in [-0.39, 0.29) is 21.2 Å². The van der Waals surface area contributed by atoms with Gasteiger partial charge in [-0.2, -0.15) is 5.10 Å². The minimum absolute atomic E-state index is 0.0248. The molecule has 0 bridgehead atoms. The van der Waals surface area contributed by atoms with Gasteiger partial charge >= 0.3 is 5.97 Å². The lowest BCUT2D eigenvalue weighted by atomic mass is 10.2. The van der Waals surface area contributed by atoms with E-state index < -0.39 is 16.0 Å². The smallest absolute Gasteiger partial charge is 0.337 e. The lowest BCUT2D eigenvalue weighted by molar-refractivity contribution is 0.0697. The Morgan fingerprint density at radius 3 is 2.62 bits per heavy atom. The lowest BCUT2D eigenvalue weighted by Gasteiger charge is -2.08. The van der Waals surface area contributed by atoms with Crippen molar-refractivity contribution in [1.82, 2.24) is 9.78 Å². The maximum absolute atomic E-state index is 12.3. The average molecular weight is 330 g/mol. The SMILES string of the molecule is Cc1nn(C)cc1S(=O)(=O)Nc1ccc(Cl)c(C(=O)O)c1. The molecule has 112 valence electrons. The number of halogens is 1. The lowest BCUT2D eigenvalue weighted by Crippen LogP contribution is -2.14. The summed E-state index contributed by atoms with van der Waals surface area (Å²) >= 11 is 5.74. The third kappa shape index (κ3) is 3.17. The highest BCUT2D eigenvalue weighted by atomic mass is 35.5. The zero-order valence-corrected chi connectivity index (χ0v) is 12.7. The van der Waals surface area contributed by atoms with Gasteiger partial charge in [-0.15, -0.1) is 0 Å². The van der Waals surface area contributed by atoms with Gasteiger partial charge in [-0.05, 0) is 25.1 Å². The summed E-state index contributed by atoms with van der Waals surface area (Å²) in [6, 6.07) is 3.87. The van der Waals surface area contributed by atoms with Crippen molar-refractivity contribution >= 4 is 33.3 Å². The molecular formula is C12H12ClN3O4S. The van der Waals surface area contributed by atoms with E-state index in [4.69, 9.17) is 16.7 Å². The Balaban J connectivity index is 2.40. The number of aryl methyl sites for hydroxylation is 2. The molecule has 0 amide bonds. The number of carboxylic acids is 1. The van der Waals surface area contributed by atoms with Crippen LogP contribution in [0.15, 0.2) is 29.3 Å². The van der Waals surface area contributed by atoms with E-state index in [1.54, 1.807) is 14.0 Å². The number of carbonyl (C=O) groups is 1. The molecule has 9 heteroatoms. The molecule has 21 heavy (non-hydrogen) atoms. The number of sulfonamides is 1. The second kappa shape index (κ2) is 5.38. The van der Waals surface area contributed by atoms with Crippen molar-refractivity contribution in [3.8, 4) is 0 Å². The molecule has 0 fully saturated rings. The largest absolute Gasteiger partial charge is 0.478 e. The van der Waals surface area contributed by atoms with Crippen LogP contribution in [0, 0.1) is 6.92 Å². The maximum Gasteiger partial charge on any atom is 0.337 e. The van der Waals surface area contributed by atoms with Gasteiger partial charge in [0.15, 0.2) is 0 Å². The molecule has 0 spiro atoms. The molecule has 0 unspecified atom stereocenters. The van der Waals surface area contributed by atoms with E-state index in [1.165, 1.54) is 23.0 Å². The molecule has 0 radical (unpaired) electrons. The first-order chi connectivity index (χ1) is 9.70. The van der Waals surface area contributed by atoms with Crippen molar-refractivity contribution in [2.24, 2.45) is 7.05 Å². The van der Waals surface area contributed by atoms with E-state index in [2.05, 4.69) is 9.82 Å². The van der Waals surface area contributed by atoms with E-state index in [0.29, 0.717) is 5.69 Å². The summed E-state index contributed by atoms with van der Waals surface area (Å²) in [5.74, 6) is -1.24. The Hall–Kier alpha value is -2.06. The predicted octanol–water partition coefficient (Wildman–Crippen LogP) is 1.88.